The van der Waals surface area contributed by atoms with Crippen molar-refractivity contribution in [3.8, 4) is 0 Å². The molecule has 2 rings (SSSR count). The number of rotatable bonds is 3. The summed E-state index contributed by atoms with van der Waals surface area (Å²) in [5.74, 6) is 0.132. The SMILES string of the molecule is CC1(C)CCC(Cn2cccc2/C(N)=N/O)O1. The molecule has 1 atom stereocenters. The normalized spacial score (nSPS) is 24.1. The summed E-state index contributed by atoms with van der Waals surface area (Å²) in [6.07, 6.45) is 4.23. The molecule has 1 aromatic rings. The van der Waals surface area contributed by atoms with Crippen molar-refractivity contribution in [2.24, 2.45) is 10.9 Å². The van der Waals surface area contributed by atoms with E-state index in [1.165, 1.54) is 0 Å². The van der Waals surface area contributed by atoms with Crippen LogP contribution in [0.5, 0.6) is 0 Å². The van der Waals surface area contributed by atoms with Crippen LogP contribution < -0.4 is 5.73 Å². The van der Waals surface area contributed by atoms with Crippen LogP contribution in [-0.4, -0.2) is 27.3 Å². The summed E-state index contributed by atoms with van der Waals surface area (Å²) >= 11 is 0. The summed E-state index contributed by atoms with van der Waals surface area (Å²) < 4.78 is 7.89. The third-order valence-corrected chi connectivity index (χ3v) is 3.15. The topological polar surface area (TPSA) is 72.8 Å². The van der Waals surface area contributed by atoms with Gasteiger partial charge in [-0.2, -0.15) is 0 Å². The van der Waals surface area contributed by atoms with Gasteiger partial charge in [-0.15, -0.1) is 0 Å². The Balaban J connectivity index is 2.08. The Hall–Kier alpha value is -1.49. The third kappa shape index (κ3) is 2.61. The lowest BCUT2D eigenvalue weighted by Crippen LogP contribution is -2.25. The molecule has 0 saturated carbocycles. The molecular formula is C12H19N3O2. The molecule has 17 heavy (non-hydrogen) atoms. The van der Waals surface area contributed by atoms with E-state index < -0.39 is 0 Å². The monoisotopic (exact) mass is 237 g/mol. The maximum Gasteiger partial charge on any atom is 0.186 e. The highest BCUT2D eigenvalue weighted by Crippen LogP contribution is 2.30. The van der Waals surface area contributed by atoms with E-state index >= 15 is 0 Å². The zero-order valence-electron chi connectivity index (χ0n) is 10.3. The molecular weight excluding hydrogens is 218 g/mol. The minimum absolute atomic E-state index is 0.0331. The maximum absolute atomic E-state index is 8.69. The van der Waals surface area contributed by atoms with Gasteiger partial charge in [-0.3, -0.25) is 0 Å². The quantitative estimate of drug-likeness (QED) is 0.362. The number of hydrogen-bond donors (Lipinski definition) is 2. The van der Waals surface area contributed by atoms with Gasteiger partial charge in [-0.1, -0.05) is 5.16 Å². The molecule has 0 aromatic carbocycles. The van der Waals surface area contributed by atoms with Crippen molar-refractivity contribution in [1.82, 2.24) is 4.57 Å². The summed E-state index contributed by atoms with van der Waals surface area (Å²) in [6.45, 7) is 4.95. The zero-order valence-corrected chi connectivity index (χ0v) is 10.3. The number of amidine groups is 1. The molecule has 3 N–H and O–H groups in total. The van der Waals surface area contributed by atoms with E-state index in [4.69, 9.17) is 15.7 Å². The van der Waals surface area contributed by atoms with Gasteiger partial charge in [-0.25, -0.2) is 0 Å². The average Bonchev–Trinajstić information content (AvgIpc) is 2.85. The predicted octanol–water partition coefficient (Wildman–Crippen LogP) is 1.54. The van der Waals surface area contributed by atoms with E-state index in [1.54, 1.807) is 0 Å². The highest BCUT2D eigenvalue weighted by atomic mass is 16.5. The molecule has 1 fully saturated rings. The van der Waals surface area contributed by atoms with Crippen LogP contribution in [0.3, 0.4) is 0 Å². The fraction of sp³-hybridized carbons (Fsp3) is 0.583. The van der Waals surface area contributed by atoms with Crippen LogP contribution in [0, 0.1) is 0 Å². The molecule has 0 spiro atoms. The maximum atomic E-state index is 8.69. The van der Waals surface area contributed by atoms with Crippen LogP contribution in [0.2, 0.25) is 0 Å². The van der Waals surface area contributed by atoms with Gasteiger partial charge in [0.25, 0.3) is 0 Å². The average molecular weight is 237 g/mol. The van der Waals surface area contributed by atoms with Crippen molar-refractivity contribution in [2.45, 2.75) is 44.9 Å². The number of hydrogen-bond acceptors (Lipinski definition) is 3. The van der Waals surface area contributed by atoms with E-state index in [2.05, 4.69) is 19.0 Å². The number of nitrogens with zero attached hydrogens (tertiary/aromatic N) is 2. The van der Waals surface area contributed by atoms with Crippen LogP contribution in [0.4, 0.5) is 0 Å². The van der Waals surface area contributed by atoms with E-state index in [9.17, 15) is 0 Å². The van der Waals surface area contributed by atoms with Crippen LogP contribution in [0.25, 0.3) is 0 Å². The Morgan fingerprint density at radius 3 is 3.06 bits per heavy atom. The van der Waals surface area contributed by atoms with Gasteiger partial charge in [0.05, 0.1) is 17.4 Å². The van der Waals surface area contributed by atoms with Crippen molar-refractivity contribution in [2.75, 3.05) is 0 Å². The van der Waals surface area contributed by atoms with Crippen molar-refractivity contribution < 1.29 is 9.94 Å². The zero-order chi connectivity index (χ0) is 12.5. The number of nitrogens with two attached hydrogens (primary N) is 1. The molecule has 1 aromatic heterocycles. The first kappa shape index (κ1) is 12.0. The van der Waals surface area contributed by atoms with Gasteiger partial charge in [0.1, 0.15) is 0 Å². The molecule has 0 radical (unpaired) electrons. The Morgan fingerprint density at radius 2 is 2.47 bits per heavy atom. The van der Waals surface area contributed by atoms with Gasteiger partial charge in [0, 0.05) is 12.7 Å². The number of aromatic nitrogens is 1. The first-order chi connectivity index (χ1) is 8.02. The highest BCUT2D eigenvalue weighted by molar-refractivity contribution is 5.95. The third-order valence-electron chi connectivity index (χ3n) is 3.15. The van der Waals surface area contributed by atoms with Crippen LogP contribution in [0.15, 0.2) is 23.5 Å². The minimum atomic E-state index is -0.0331. The first-order valence-corrected chi connectivity index (χ1v) is 5.83. The fourth-order valence-corrected chi connectivity index (χ4v) is 2.28. The molecule has 1 saturated heterocycles. The molecule has 1 unspecified atom stereocenters. The minimum Gasteiger partial charge on any atom is -0.409 e. The fourth-order valence-electron chi connectivity index (χ4n) is 2.28. The Labute approximate surface area is 101 Å². The molecule has 1 aliphatic rings. The Bertz CT molecular complexity index is 423. The second-order valence-electron chi connectivity index (χ2n) is 5.07. The number of oxime groups is 1. The predicted molar refractivity (Wildman–Crippen MR) is 65.1 cm³/mol. The Morgan fingerprint density at radius 1 is 1.71 bits per heavy atom. The van der Waals surface area contributed by atoms with E-state index in [0.717, 1.165) is 25.1 Å². The molecule has 5 nitrogen and oxygen atoms in total. The summed E-state index contributed by atoms with van der Waals surface area (Å²) in [5.41, 5.74) is 6.30. The number of ether oxygens (including phenoxy) is 1. The Kier molecular flexibility index (Phi) is 3.11. The van der Waals surface area contributed by atoms with Crippen molar-refractivity contribution in [3.05, 3.63) is 24.0 Å². The van der Waals surface area contributed by atoms with Crippen molar-refractivity contribution in [3.63, 3.8) is 0 Å². The molecule has 2 heterocycles. The summed E-state index contributed by atoms with van der Waals surface area (Å²) in [6, 6.07) is 3.71. The lowest BCUT2D eigenvalue weighted by atomic mass is 10.1. The second kappa shape index (κ2) is 4.41. The standard InChI is InChI=1S/C12H19N3O2/c1-12(2)6-5-9(17-12)8-15-7-3-4-10(15)11(13)14-16/h3-4,7,9,16H,5-6,8H2,1-2H3,(H2,13,14). The van der Waals surface area contributed by atoms with Crippen molar-refractivity contribution in [1.29, 1.82) is 0 Å². The molecule has 1 aliphatic heterocycles. The first-order valence-electron chi connectivity index (χ1n) is 5.83. The summed E-state index contributed by atoms with van der Waals surface area (Å²) in [7, 11) is 0. The van der Waals surface area contributed by atoms with Crippen LogP contribution in [-0.2, 0) is 11.3 Å². The molecule has 0 aliphatic carbocycles. The molecule has 0 amide bonds. The van der Waals surface area contributed by atoms with Crippen LogP contribution >= 0.6 is 0 Å². The van der Waals surface area contributed by atoms with E-state index in [0.29, 0.717) is 0 Å². The summed E-state index contributed by atoms with van der Waals surface area (Å²) in [5, 5.41) is 11.7. The van der Waals surface area contributed by atoms with Gasteiger partial charge in [-0.05, 0) is 38.8 Å². The highest BCUT2D eigenvalue weighted by Gasteiger charge is 2.31. The lowest BCUT2D eigenvalue weighted by molar-refractivity contribution is -0.0217. The van der Waals surface area contributed by atoms with Crippen LogP contribution in [0.1, 0.15) is 32.4 Å². The van der Waals surface area contributed by atoms with E-state index in [1.807, 2.05) is 22.9 Å². The molecule has 0 bridgehead atoms. The smallest absolute Gasteiger partial charge is 0.186 e. The van der Waals surface area contributed by atoms with E-state index in [-0.39, 0.29) is 17.5 Å². The van der Waals surface area contributed by atoms with Gasteiger partial charge in [0.15, 0.2) is 5.84 Å². The molecule has 5 heteroatoms. The largest absolute Gasteiger partial charge is 0.409 e. The summed E-state index contributed by atoms with van der Waals surface area (Å²) in [4.78, 5) is 0. The van der Waals surface area contributed by atoms with Gasteiger partial charge in [0.2, 0.25) is 0 Å². The molecule has 94 valence electrons. The van der Waals surface area contributed by atoms with Gasteiger partial charge < -0.3 is 20.2 Å². The lowest BCUT2D eigenvalue weighted by Gasteiger charge is -2.20. The van der Waals surface area contributed by atoms with Gasteiger partial charge >= 0.3 is 0 Å². The second-order valence-corrected chi connectivity index (χ2v) is 5.07. The van der Waals surface area contributed by atoms with Crippen molar-refractivity contribution >= 4 is 5.84 Å².